The Bertz CT molecular complexity index is 719. The molecule has 29 heavy (non-hydrogen) atoms. The van der Waals surface area contributed by atoms with Gasteiger partial charge in [-0.2, -0.15) is 0 Å². The van der Waals surface area contributed by atoms with Gasteiger partial charge in [0.05, 0.1) is 12.0 Å². The minimum Gasteiger partial charge on any atom is -0.340 e. The van der Waals surface area contributed by atoms with Crippen LogP contribution in [0.25, 0.3) is 0 Å². The van der Waals surface area contributed by atoms with Gasteiger partial charge in [0.2, 0.25) is 11.8 Å². The molecule has 0 aromatic heterocycles. The molecule has 2 amide bonds. The number of hydrogen-bond acceptors (Lipinski definition) is 4. The molecule has 3 aliphatic rings. The number of hydrogen-bond donors (Lipinski definition) is 1. The quantitative estimate of drug-likeness (QED) is 0.814. The van der Waals surface area contributed by atoms with Gasteiger partial charge in [0, 0.05) is 44.0 Å². The van der Waals surface area contributed by atoms with Crippen molar-refractivity contribution in [3.63, 3.8) is 0 Å². The van der Waals surface area contributed by atoms with E-state index in [1.165, 1.54) is 0 Å². The summed E-state index contributed by atoms with van der Waals surface area (Å²) in [6.07, 6.45) is 4.89. The molecule has 0 radical (unpaired) electrons. The smallest absolute Gasteiger partial charge is 0.244 e. The van der Waals surface area contributed by atoms with Crippen molar-refractivity contribution in [2.24, 2.45) is 11.7 Å². The van der Waals surface area contributed by atoms with E-state index in [2.05, 4.69) is 4.90 Å². The lowest BCUT2D eigenvalue weighted by Crippen LogP contribution is -2.58. The monoisotopic (exact) mass is 420 g/mol. The van der Waals surface area contributed by atoms with Gasteiger partial charge in [0.25, 0.3) is 0 Å². The molecule has 1 aromatic carbocycles. The molecule has 2 saturated heterocycles. The molecule has 0 bridgehead atoms. The normalized spacial score (nSPS) is 30.9. The van der Waals surface area contributed by atoms with Crippen molar-refractivity contribution in [2.45, 2.75) is 50.6 Å². The molecule has 3 fully saturated rings. The highest BCUT2D eigenvalue weighted by atomic mass is 35.5. The molecule has 2 heterocycles. The number of anilines is 1. The third-order valence-corrected chi connectivity index (χ3v) is 6.86. The number of carbonyl (C=O) groups is 2. The second kappa shape index (κ2) is 9.02. The van der Waals surface area contributed by atoms with Crippen molar-refractivity contribution < 1.29 is 9.59 Å². The molecule has 1 saturated carbocycles. The predicted octanol–water partition coefficient (Wildman–Crippen LogP) is 2.27. The maximum atomic E-state index is 13.1. The van der Waals surface area contributed by atoms with Crippen molar-refractivity contribution in [3.8, 4) is 0 Å². The van der Waals surface area contributed by atoms with Crippen LogP contribution in [-0.2, 0) is 9.59 Å². The standard InChI is InChI=1S/C22H32N4O2.ClH/c1-22(23)11-6-5-9-18(22)20(27)25-15-13-24(14-16-25)19-10-12-26(21(19)28)17-7-3-2-4-8-17;/h2-4,7-8,18-19H,5-6,9-16,23H2,1H3;1H. The SMILES string of the molecule is CC1(N)CCCCC1C(=O)N1CCN(C2CCN(c3ccccc3)C2=O)CC1.Cl. The van der Waals surface area contributed by atoms with Crippen LogP contribution < -0.4 is 10.6 Å². The highest BCUT2D eigenvalue weighted by molar-refractivity contribution is 5.99. The van der Waals surface area contributed by atoms with Gasteiger partial charge in [-0.1, -0.05) is 31.0 Å². The summed E-state index contributed by atoms with van der Waals surface area (Å²) in [6, 6.07) is 9.83. The van der Waals surface area contributed by atoms with Crippen molar-refractivity contribution in [1.82, 2.24) is 9.80 Å². The molecule has 4 rings (SSSR count). The van der Waals surface area contributed by atoms with Crippen molar-refractivity contribution in [1.29, 1.82) is 0 Å². The first-order valence-electron chi connectivity index (χ1n) is 10.7. The Kier molecular flexibility index (Phi) is 6.87. The fourth-order valence-electron chi connectivity index (χ4n) is 5.11. The fraction of sp³-hybridized carbons (Fsp3) is 0.636. The maximum Gasteiger partial charge on any atom is 0.244 e. The molecule has 1 aromatic rings. The second-order valence-electron chi connectivity index (χ2n) is 8.80. The lowest BCUT2D eigenvalue weighted by Gasteiger charge is -2.43. The summed E-state index contributed by atoms with van der Waals surface area (Å²) in [5.41, 5.74) is 7.03. The molecule has 7 heteroatoms. The van der Waals surface area contributed by atoms with Crippen molar-refractivity contribution in [2.75, 3.05) is 37.6 Å². The molecular formula is C22H33ClN4O2. The summed E-state index contributed by atoms with van der Waals surface area (Å²) < 4.78 is 0. The lowest BCUT2D eigenvalue weighted by molar-refractivity contribution is -0.141. The molecule has 160 valence electrons. The van der Waals surface area contributed by atoms with Crippen molar-refractivity contribution in [3.05, 3.63) is 30.3 Å². The first kappa shape index (κ1) is 22.1. The average molecular weight is 421 g/mol. The van der Waals surface area contributed by atoms with Gasteiger partial charge in [-0.15, -0.1) is 12.4 Å². The molecular weight excluding hydrogens is 388 g/mol. The van der Waals surface area contributed by atoms with E-state index < -0.39 is 0 Å². The van der Waals surface area contributed by atoms with E-state index in [1.807, 2.05) is 47.1 Å². The van der Waals surface area contributed by atoms with E-state index in [9.17, 15) is 9.59 Å². The van der Waals surface area contributed by atoms with E-state index in [0.717, 1.165) is 57.4 Å². The highest BCUT2D eigenvalue weighted by Crippen LogP contribution is 2.33. The van der Waals surface area contributed by atoms with Crippen molar-refractivity contribution >= 4 is 29.9 Å². The van der Waals surface area contributed by atoms with Gasteiger partial charge in [-0.05, 0) is 38.3 Å². The lowest BCUT2D eigenvalue weighted by atomic mass is 9.74. The number of carbonyl (C=O) groups excluding carboxylic acids is 2. The molecule has 2 aliphatic heterocycles. The van der Waals surface area contributed by atoms with Crippen LogP contribution in [0.3, 0.4) is 0 Å². The number of halogens is 1. The Morgan fingerprint density at radius 1 is 1.03 bits per heavy atom. The number of amides is 2. The largest absolute Gasteiger partial charge is 0.340 e. The third kappa shape index (κ3) is 4.44. The first-order valence-corrected chi connectivity index (χ1v) is 10.7. The Balaban J connectivity index is 0.00000240. The Morgan fingerprint density at radius 3 is 2.38 bits per heavy atom. The maximum absolute atomic E-state index is 13.1. The van der Waals surface area contributed by atoms with Crippen LogP contribution in [0.4, 0.5) is 5.69 Å². The third-order valence-electron chi connectivity index (χ3n) is 6.86. The number of nitrogens with zero attached hydrogens (tertiary/aromatic N) is 3. The first-order chi connectivity index (χ1) is 13.5. The van der Waals surface area contributed by atoms with Crippen LogP contribution in [0, 0.1) is 5.92 Å². The summed E-state index contributed by atoms with van der Waals surface area (Å²) >= 11 is 0. The van der Waals surface area contributed by atoms with Crippen LogP contribution >= 0.6 is 12.4 Å². The minimum atomic E-state index is -0.385. The zero-order valence-corrected chi connectivity index (χ0v) is 18.1. The summed E-state index contributed by atoms with van der Waals surface area (Å²) in [5, 5.41) is 0. The van der Waals surface area contributed by atoms with Crippen LogP contribution in [0.1, 0.15) is 39.0 Å². The van der Waals surface area contributed by atoms with E-state index in [0.29, 0.717) is 13.1 Å². The van der Waals surface area contributed by atoms with Gasteiger partial charge in [-0.25, -0.2) is 0 Å². The van der Waals surface area contributed by atoms with Crippen LogP contribution in [-0.4, -0.2) is 65.9 Å². The number of rotatable bonds is 3. The summed E-state index contributed by atoms with van der Waals surface area (Å²) in [5.74, 6) is 0.343. The van der Waals surface area contributed by atoms with E-state index >= 15 is 0 Å². The Hall–Kier alpha value is -1.63. The van der Waals surface area contributed by atoms with E-state index in [1.54, 1.807) is 0 Å². The van der Waals surface area contributed by atoms with E-state index in [-0.39, 0.29) is 41.7 Å². The van der Waals surface area contributed by atoms with Gasteiger partial charge in [0.15, 0.2) is 0 Å². The molecule has 1 aliphatic carbocycles. The molecule has 0 spiro atoms. The molecule has 3 unspecified atom stereocenters. The number of para-hydroxylation sites is 1. The summed E-state index contributed by atoms with van der Waals surface area (Å²) in [6.45, 7) is 5.71. The highest BCUT2D eigenvalue weighted by Gasteiger charge is 2.42. The predicted molar refractivity (Wildman–Crippen MR) is 117 cm³/mol. The number of benzene rings is 1. The summed E-state index contributed by atoms with van der Waals surface area (Å²) in [4.78, 5) is 32.1. The van der Waals surface area contributed by atoms with E-state index in [4.69, 9.17) is 5.73 Å². The summed E-state index contributed by atoms with van der Waals surface area (Å²) in [7, 11) is 0. The zero-order chi connectivity index (χ0) is 19.7. The zero-order valence-electron chi connectivity index (χ0n) is 17.3. The number of nitrogens with two attached hydrogens (primary N) is 1. The Labute approximate surface area is 179 Å². The van der Waals surface area contributed by atoms with Crippen LogP contribution in [0.15, 0.2) is 30.3 Å². The van der Waals surface area contributed by atoms with Crippen LogP contribution in [0.5, 0.6) is 0 Å². The van der Waals surface area contributed by atoms with Crippen LogP contribution in [0.2, 0.25) is 0 Å². The van der Waals surface area contributed by atoms with Gasteiger partial charge < -0.3 is 15.5 Å². The number of piperazine rings is 1. The topological polar surface area (TPSA) is 69.9 Å². The fourth-order valence-corrected chi connectivity index (χ4v) is 5.11. The van der Waals surface area contributed by atoms with Gasteiger partial charge in [-0.3, -0.25) is 14.5 Å². The van der Waals surface area contributed by atoms with Gasteiger partial charge in [0.1, 0.15) is 0 Å². The molecule has 2 N–H and O–H groups in total. The molecule has 3 atom stereocenters. The minimum absolute atomic E-state index is 0. The van der Waals surface area contributed by atoms with Gasteiger partial charge >= 0.3 is 0 Å². The average Bonchev–Trinajstić information content (AvgIpc) is 3.09. The molecule has 6 nitrogen and oxygen atoms in total. The Morgan fingerprint density at radius 2 is 1.72 bits per heavy atom. The second-order valence-corrected chi connectivity index (χ2v) is 8.80.